The lowest BCUT2D eigenvalue weighted by atomic mass is 9.99. The zero-order valence-corrected chi connectivity index (χ0v) is 10.4. The number of nitrogens with one attached hydrogen (secondary N) is 1. The number of hydrogen-bond acceptors (Lipinski definition) is 3. The maximum Gasteiger partial charge on any atom is 0.0598 e. The molecule has 1 saturated heterocycles. The lowest BCUT2D eigenvalue weighted by Crippen LogP contribution is -2.49. The molecule has 3 nitrogen and oxygen atoms in total. The lowest BCUT2D eigenvalue weighted by Gasteiger charge is -2.34. The van der Waals surface area contributed by atoms with Crippen molar-refractivity contribution in [2.75, 3.05) is 26.2 Å². The Hall–Kier alpha value is -0.560. The fourth-order valence-corrected chi connectivity index (χ4v) is 2.15. The summed E-state index contributed by atoms with van der Waals surface area (Å²) in [5.41, 5.74) is 0. The van der Waals surface area contributed by atoms with Crippen LogP contribution in [0.15, 0.2) is 0 Å². The fraction of sp³-hybridized carbons (Fsp3) is 0.846. The summed E-state index contributed by atoms with van der Waals surface area (Å²) >= 11 is 0. The first-order valence-corrected chi connectivity index (χ1v) is 6.20. The Labute approximate surface area is 99.2 Å². The molecule has 0 aromatic carbocycles. The second-order valence-corrected chi connectivity index (χ2v) is 4.95. The van der Waals surface area contributed by atoms with Crippen LogP contribution in [0.4, 0.5) is 0 Å². The van der Waals surface area contributed by atoms with Gasteiger partial charge in [0.1, 0.15) is 0 Å². The molecular weight excluding hydrogens is 200 g/mol. The monoisotopic (exact) mass is 224 g/mol. The molecule has 1 rings (SSSR count). The van der Waals surface area contributed by atoms with Crippen molar-refractivity contribution in [1.82, 2.24) is 10.2 Å². The van der Waals surface area contributed by atoms with E-state index >= 15 is 0 Å². The molecular formula is C13H24N2O. The Morgan fingerprint density at radius 2 is 2.06 bits per heavy atom. The summed E-state index contributed by atoms with van der Waals surface area (Å²) in [4.78, 5) is 2.31. The molecule has 0 spiro atoms. The van der Waals surface area contributed by atoms with Crippen molar-refractivity contribution in [3.05, 3.63) is 0 Å². The van der Waals surface area contributed by atoms with E-state index in [1.807, 2.05) is 0 Å². The van der Waals surface area contributed by atoms with Crippen molar-refractivity contribution < 1.29 is 5.11 Å². The molecule has 1 atom stereocenters. The van der Waals surface area contributed by atoms with Gasteiger partial charge in [0.15, 0.2) is 0 Å². The number of nitrogens with zero attached hydrogens (tertiary/aromatic N) is 1. The third-order valence-electron chi connectivity index (χ3n) is 3.35. The first-order valence-electron chi connectivity index (χ1n) is 6.20. The average molecular weight is 224 g/mol. The van der Waals surface area contributed by atoms with Gasteiger partial charge in [-0.15, -0.1) is 6.42 Å². The Morgan fingerprint density at radius 1 is 1.44 bits per heavy atom. The van der Waals surface area contributed by atoms with Gasteiger partial charge in [-0.3, -0.25) is 4.90 Å². The molecule has 1 aliphatic heterocycles. The molecule has 92 valence electrons. The summed E-state index contributed by atoms with van der Waals surface area (Å²) in [5, 5.41) is 12.8. The predicted molar refractivity (Wildman–Crippen MR) is 67.1 cm³/mol. The highest BCUT2D eigenvalue weighted by Gasteiger charge is 2.22. The number of aliphatic hydroxyl groups excluding tert-OH is 1. The quantitative estimate of drug-likeness (QED) is 0.675. The molecule has 0 aliphatic carbocycles. The molecule has 1 fully saturated rings. The number of aliphatic hydroxyl groups is 1. The molecule has 2 N–H and O–H groups in total. The van der Waals surface area contributed by atoms with Crippen molar-refractivity contribution in [1.29, 1.82) is 0 Å². The highest BCUT2D eigenvalue weighted by Crippen LogP contribution is 2.12. The van der Waals surface area contributed by atoms with Crippen LogP contribution in [-0.2, 0) is 0 Å². The summed E-state index contributed by atoms with van der Waals surface area (Å²) < 4.78 is 0. The van der Waals surface area contributed by atoms with Crippen molar-refractivity contribution in [2.24, 2.45) is 5.92 Å². The Balaban J connectivity index is 2.28. The molecule has 0 aromatic rings. The van der Waals surface area contributed by atoms with Crippen LogP contribution < -0.4 is 5.32 Å². The Kier molecular flexibility index (Phi) is 5.83. The molecule has 1 aliphatic rings. The van der Waals surface area contributed by atoms with Gasteiger partial charge in [-0.05, 0) is 18.8 Å². The number of piperidine rings is 1. The third-order valence-corrected chi connectivity index (χ3v) is 3.35. The van der Waals surface area contributed by atoms with E-state index in [0.29, 0.717) is 12.0 Å². The summed E-state index contributed by atoms with van der Waals surface area (Å²) in [6.07, 6.45) is 7.56. The molecule has 3 heteroatoms. The average Bonchev–Trinajstić information content (AvgIpc) is 2.28. The first kappa shape index (κ1) is 13.5. The SMILES string of the molecule is C#CCN1CCC(NC(CO)C(C)C)CC1. The first-order chi connectivity index (χ1) is 7.67. The van der Waals surface area contributed by atoms with Gasteiger partial charge in [0.2, 0.25) is 0 Å². The van der Waals surface area contributed by atoms with E-state index in [9.17, 15) is 5.11 Å². The minimum Gasteiger partial charge on any atom is -0.395 e. The highest BCUT2D eigenvalue weighted by atomic mass is 16.3. The second-order valence-electron chi connectivity index (χ2n) is 4.95. The largest absolute Gasteiger partial charge is 0.395 e. The van der Waals surface area contributed by atoms with Gasteiger partial charge >= 0.3 is 0 Å². The van der Waals surface area contributed by atoms with Crippen LogP contribution in [0, 0.1) is 18.3 Å². The van der Waals surface area contributed by atoms with Crippen molar-refractivity contribution >= 4 is 0 Å². The summed E-state index contributed by atoms with van der Waals surface area (Å²) in [6.45, 7) is 7.40. The topological polar surface area (TPSA) is 35.5 Å². The van der Waals surface area contributed by atoms with Gasteiger partial charge in [0, 0.05) is 25.2 Å². The minimum atomic E-state index is 0.224. The second kappa shape index (κ2) is 6.90. The van der Waals surface area contributed by atoms with Crippen LogP contribution in [0.25, 0.3) is 0 Å². The van der Waals surface area contributed by atoms with Crippen molar-refractivity contribution in [3.8, 4) is 12.3 Å². The van der Waals surface area contributed by atoms with E-state index in [0.717, 1.165) is 32.5 Å². The van der Waals surface area contributed by atoms with Gasteiger partial charge in [0.05, 0.1) is 13.2 Å². The summed E-state index contributed by atoms with van der Waals surface area (Å²) in [6, 6.07) is 0.762. The maximum atomic E-state index is 9.26. The number of rotatable bonds is 5. The van der Waals surface area contributed by atoms with Crippen LogP contribution in [0.5, 0.6) is 0 Å². The smallest absolute Gasteiger partial charge is 0.0598 e. The van der Waals surface area contributed by atoms with Gasteiger partial charge in [-0.2, -0.15) is 0 Å². The highest BCUT2D eigenvalue weighted by molar-refractivity contribution is 4.91. The molecule has 0 radical (unpaired) electrons. The minimum absolute atomic E-state index is 0.224. The van der Waals surface area contributed by atoms with E-state index in [1.54, 1.807) is 0 Å². The van der Waals surface area contributed by atoms with E-state index in [2.05, 4.69) is 30.0 Å². The number of hydrogen-bond donors (Lipinski definition) is 2. The predicted octanol–water partition coefficient (Wildman–Crippen LogP) is 0.690. The van der Waals surface area contributed by atoms with Crippen LogP contribution in [0.1, 0.15) is 26.7 Å². The van der Waals surface area contributed by atoms with E-state index in [4.69, 9.17) is 6.42 Å². The molecule has 0 amide bonds. The summed E-state index contributed by atoms with van der Waals surface area (Å²) in [7, 11) is 0. The van der Waals surface area contributed by atoms with Crippen LogP contribution in [0.3, 0.4) is 0 Å². The number of likely N-dealkylation sites (tertiary alicyclic amines) is 1. The lowest BCUT2D eigenvalue weighted by molar-refractivity contribution is 0.163. The van der Waals surface area contributed by atoms with Crippen LogP contribution in [-0.4, -0.2) is 48.3 Å². The Morgan fingerprint density at radius 3 is 2.50 bits per heavy atom. The van der Waals surface area contributed by atoms with Crippen LogP contribution >= 0.6 is 0 Å². The molecule has 0 saturated carbocycles. The van der Waals surface area contributed by atoms with Gasteiger partial charge in [-0.1, -0.05) is 19.8 Å². The molecule has 1 unspecified atom stereocenters. The van der Waals surface area contributed by atoms with Gasteiger partial charge < -0.3 is 10.4 Å². The van der Waals surface area contributed by atoms with Gasteiger partial charge in [-0.25, -0.2) is 0 Å². The van der Waals surface area contributed by atoms with Gasteiger partial charge in [0.25, 0.3) is 0 Å². The Bertz CT molecular complexity index is 227. The molecule has 0 bridgehead atoms. The summed E-state index contributed by atoms with van der Waals surface area (Å²) in [5.74, 6) is 3.17. The fourth-order valence-electron chi connectivity index (χ4n) is 2.15. The normalized spacial score (nSPS) is 20.9. The van der Waals surface area contributed by atoms with E-state index in [1.165, 1.54) is 0 Å². The van der Waals surface area contributed by atoms with Crippen molar-refractivity contribution in [2.45, 2.75) is 38.8 Å². The zero-order chi connectivity index (χ0) is 12.0. The molecule has 1 heterocycles. The van der Waals surface area contributed by atoms with Crippen molar-refractivity contribution in [3.63, 3.8) is 0 Å². The molecule has 16 heavy (non-hydrogen) atoms. The third kappa shape index (κ3) is 4.13. The van der Waals surface area contributed by atoms with E-state index in [-0.39, 0.29) is 12.6 Å². The zero-order valence-electron chi connectivity index (χ0n) is 10.4. The van der Waals surface area contributed by atoms with E-state index < -0.39 is 0 Å². The maximum absolute atomic E-state index is 9.26. The molecule has 0 aromatic heterocycles. The standard InChI is InChI=1S/C13H24N2O/c1-4-7-15-8-5-12(6-9-15)14-13(10-16)11(2)3/h1,11-14,16H,5-10H2,2-3H3. The number of terminal acetylenes is 1. The van der Waals surface area contributed by atoms with Crippen LogP contribution in [0.2, 0.25) is 0 Å².